The lowest BCUT2D eigenvalue weighted by Crippen LogP contribution is -1.88. The van der Waals surface area contributed by atoms with Crippen molar-refractivity contribution in [1.82, 2.24) is 10.2 Å². The highest BCUT2D eigenvalue weighted by molar-refractivity contribution is 5.54. The zero-order valence-electron chi connectivity index (χ0n) is 13.6. The molecule has 0 bridgehead atoms. The van der Waals surface area contributed by atoms with E-state index < -0.39 is 0 Å². The summed E-state index contributed by atoms with van der Waals surface area (Å²) < 4.78 is 5.68. The Balaban J connectivity index is 0.000000924. The molecular weight excluding hydrogens is 286 g/mol. The van der Waals surface area contributed by atoms with Gasteiger partial charge in [-0.15, -0.1) is 10.2 Å². The van der Waals surface area contributed by atoms with Gasteiger partial charge in [-0.25, -0.2) is 0 Å². The molecule has 4 nitrogen and oxygen atoms in total. The largest absolute Gasteiger partial charge is 0.420 e. The summed E-state index contributed by atoms with van der Waals surface area (Å²) in [5, 5.41) is 16.9. The van der Waals surface area contributed by atoms with E-state index in [1.54, 1.807) is 12.1 Å². The van der Waals surface area contributed by atoms with Crippen LogP contribution in [-0.4, -0.2) is 10.2 Å². The van der Waals surface area contributed by atoms with Crippen LogP contribution < -0.4 is 0 Å². The molecule has 0 N–H and O–H groups in total. The molecule has 23 heavy (non-hydrogen) atoms. The first-order valence-corrected chi connectivity index (χ1v) is 7.63. The Morgan fingerprint density at radius 2 is 1.78 bits per heavy atom. The Kier molecular flexibility index (Phi) is 5.65. The molecule has 116 valence electrons. The summed E-state index contributed by atoms with van der Waals surface area (Å²) in [7, 11) is 0. The number of benzene rings is 2. The van der Waals surface area contributed by atoms with Crippen LogP contribution in [0, 0.1) is 18.3 Å². The van der Waals surface area contributed by atoms with Crippen LogP contribution in [0.2, 0.25) is 0 Å². The van der Waals surface area contributed by atoms with E-state index in [0.29, 0.717) is 23.8 Å². The third-order valence-corrected chi connectivity index (χ3v) is 3.17. The van der Waals surface area contributed by atoms with Crippen LogP contribution in [0.1, 0.15) is 36.4 Å². The third kappa shape index (κ3) is 4.27. The van der Waals surface area contributed by atoms with E-state index in [9.17, 15) is 0 Å². The molecule has 0 atom stereocenters. The van der Waals surface area contributed by atoms with Gasteiger partial charge in [0.25, 0.3) is 0 Å². The van der Waals surface area contributed by atoms with E-state index in [-0.39, 0.29) is 0 Å². The molecule has 4 heteroatoms. The summed E-state index contributed by atoms with van der Waals surface area (Å²) in [5.74, 6) is 1.06. The van der Waals surface area contributed by atoms with Crippen LogP contribution in [0.15, 0.2) is 52.9 Å². The first-order valence-electron chi connectivity index (χ1n) is 7.63. The normalized spacial score (nSPS) is 9.65. The second-order valence-electron chi connectivity index (χ2n) is 4.86. The molecule has 3 aromatic rings. The van der Waals surface area contributed by atoms with Crippen LogP contribution in [0.25, 0.3) is 11.5 Å². The number of nitriles is 1. The molecule has 0 aliphatic rings. The summed E-state index contributed by atoms with van der Waals surface area (Å²) in [4.78, 5) is 0. The van der Waals surface area contributed by atoms with Crippen LogP contribution in [-0.2, 0) is 6.42 Å². The summed E-state index contributed by atoms with van der Waals surface area (Å²) in [6.45, 7) is 6.06. The summed E-state index contributed by atoms with van der Waals surface area (Å²) >= 11 is 0. The molecule has 0 radical (unpaired) electrons. The molecule has 1 heterocycles. The number of aromatic nitrogens is 2. The van der Waals surface area contributed by atoms with Gasteiger partial charge in [-0.3, -0.25) is 0 Å². The predicted octanol–water partition coefficient (Wildman–Crippen LogP) is 4.53. The summed E-state index contributed by atoms with van der Waals surface area (Å²) in [6.07, 6.45) is 0.616. The van der Waals surface area contributed by atoms with E-state index in [4.69, 9.17) is 9.68 Å². The van der Waals surface area contributed by atoms with Crippen LogP contribution >= 0.6 is 0 Å². The van der Waals surface area contributed by atoms with Gasteiger partial charge in [0.1, 0.15) is 0 Å². The maximum atomic E-state index is 8.79. The van der Waals surface area contributed by atoms with Crippen molar-refractivity contribution >= 4 is 0 Å². The summed E-state index contributed by atoms with van der Waals surface area (Å²) in [6, 6.07) is 17.4. The van der Waals surface area contributed by atoms with Gasteiger partial charge in [-0.1, -0.05) is 43.7 Å². The molecule has 3 rings (SSSR count). The van der Waals surface area contributed by atoms with Gasteiger partial charge < -0.3 is 4.42 Å². The van der Waals surface area contributed by atoms with Crippen LogP contribution in [0.3, 0.4) is 0 Å². The highest BCUT2D eigenvalue weighted by Gasteiger charge is 2.09. The second kappa shape index (κ2) is 7.90. The average Bonchev–Trinajstić information content (AvgIpc) is 3.05. The number of hydrogen-bond acceptors (Lipinski definition) is 4. The molecule has 0 aliphatic carbocycles. The van der Waals surface area contributed by atoms with Crippen molar-refractivity contribution < 1.29 is 4.42 Å². The fraction of sp³-hybridized carbons (Fsp3) is 0.211. The van der Waals surface area contributed by atoms with Crippen molar-refractivity contribution in [2.45, 2.75) is 27.2 Å². The highest BCUT2D eigenvalue weighted by atomic mass is 16.4. The first-order chi connectivity index (χ1) is 11.2. The zero-order chi connectivity index (χ0) is 16.7. The standard InChI is InChI=1S/C17H13N3O.C2H6/c1-12-3-2-4-14(9-12)10-16-19-20-17(21-16)15-7-5-13(11-18)6-8-15;1-2/h2-9H,10H2,1H3;1-2H3. The van der Waals surface area contributed by atoms with Gasteiger partial charge in [0.15, 0.2) is 0 Å². The fourth-order valence-electron chi connectivity index (χ4n) is 2.13. The lowest BCUT2D eigenvalue weighted by Gasteiger charge is -1.98. The van der Waals surface area contributed by atoms with Gasteiger partial charge in [0, 0.05) is 5.56 Å². The number of hydrogen-bond donors (Lipinski definition) is 0. The Bertz CT molecular complexity index is 798. The molecule has 0 fully saturated rings. The minimum atomic E-state index is 0.474. The van der Waals surface area contributed by atoms with Gasteiger partial charge in [0.2, 0.25) is 11.8 Å². The molecule has 0 saturated carbocycles. The SMILES string of the molecule is CC.Cc1cccc(Cc2nnc(-c3ccc(C#N)cc3)o2)c1. The molecule has 0 unspecified atom stereocenters. The Morgan fingerprint density at radius 3 is 2.43 bits per heavy atom. The smallest absolute Gasteiger partial charge is 0.247 e. The molecule has 0 amide bonds. The highest BCUT2D eigenvalue weighted by Crippen LogP contribution is 2.19. The monoisotopic (exact) mass is 305 g/mol. The Labute approximate surface area is 136 Å². The predicted molar refractivity (Wildman–Crippen MR) is 89.8 cm³/mol. The Hall–Kier alpha value is -2.93. The van der Waals surface area contributed by atoms with Crippen molar-refractivity contribution in [2.75, 3.05) is 0 Å². The molecule has 2 aromatic carbocycles. The van der Waals surface area contributed by atoms with Crippen LogP contribution in [0.5, 0.6) is 0 Å². The molecule has 0 spiro atoms. The van der Waals surface area contributed by atoms with E-state index in [1.165, 1.54) is 5.56 Å². The maximum absolute atomic E-state index is 8.79. The van der Waals surface area contributed by atoms with Crippen molar-refractivity contribution in [3.63, 3.8) is 0 Å². The van der Waals surface area contributed by atoms with Crippen molar-refractivity contribution in [3.05, 3.63) is 71.1 Å². The topological polar surface area (TPSA) is 62.7 Å². The van der Waals surface area contributed by atoms with E-state index in [2.05, 4.69) is 35.3 Å². The second-order valence-corrected chi connectivity index (χ2v) is 4.86. The quantitative estimate of drug-likeness (QED) is 0.713. The zero-order valence-corrected chi connectivity index (χ0v) is 13.6. The third-order valence-electron chi connectivity index (χ3n) is 3.17. The van der Waals surface area contributed by atoms with Gasteiger partial charge in [-0.05, 0) is 36.8 Å². The van der Waals surface area contributed by atoms with E-state index >= 15 is 0 Å². The van der Waals surface area contributed by atoms with Gasteiger partial charge in [0.05, 0.1) is 18.1 Å². The van der Waals surface area contributed by atoms with Crippen molar-refractivity contribution in [1.29, 1.82) is 5.26 Å². The molecule has 1 aromatic heterocycles. The van der Waals surface area contributed by atoms with Gasteiger partial charge in [-0.2, -0.15) is 5.26 Å². The first kappa shape index (κ1) is 16.4. The minimum absolute atomic E-state index is 0.474. The Morgan fingerprint density at radius 1 is 1.04 bits per heavy atom. The van der Waals surface area contributed by atoms with E-state index in [1.807, 2.05) is 38.1 Å². The van der Waals surface area contributed by atoms with Crippen molar-refractivity contribution in [3.8, 4) is 17.5 Å². The maximum Gasteiger partial charge on any atom is 0.247 e. The van der Waals surface area contributed by atoms with E-state index in [0.717, 1.165) is 11.1 Å². The number of nitrogens with zero attached hydrogens (tertiary/aromatic N) is 3. The molecule has 0 saturated heterocycles. The average molecular weight is 305 g/mol. The summed E-state index contributed by atoms with van der Waals surface area (Å²) in [5.41, 5.74) is 3.78. The number of aryl methyl sites for hydroxylation is 1. The molecule has 0 aliphatic heterocycles. The van der Waals surface area contributed by atoms with Crippen LogP contribution in [0.4, 0.5) is 0 Å². The fourth-order valence-corrected chi connectivity index (χ4v) is 2.13. The van der Waals surface area contributed by atoms with Crippen molar-refractivity contribution in [2.24, 2.45) is 0 Å². The molecular formula is C19H19N3O. The lowest BCUT2D eigenvalue weighted by molar-refractivity contribution is 0.518. The minimum Gasteiger partial charge on any atom is -0.420 e. The lowest BCUT2D eigenvalue weighted by atomic mass is 10.1. The number of rotatable bonds is 3. The van der Waals surface area contributed by atoms with Gasteiger partial charge >= 0.3 is 0 Å².